The molecule has 0 radical (unpaired) electrons. The summed E-state index contributed by atoms with van der Waals surface area (Å²) in [7, 11) is 0. The number of para-hydroxylation sites is 1. The number of hydrogen-bond acceptors (Lipinski definition) is 2. The standard InChI is InChI=1S/C13H21NO/c1-3-7-12(4-2)14-13-9-6-5-8-11(13)10-15/h5-6,8-9,12,14-15H,3-4,7,10H2,1-2H3. The Bertz CT molecular complexity index is 286. The molecule has 0 aromatic heterocycles. The third-order valence-electron chi connectivity index (χ3n) is 2.68. The summed E-state index contributed by atoms with van der Waals surface area (Å²) in [4.78, 5) is 0. The van der Waals surface area contributed by atoms with Gasteiger partial charge in [0.15, 0.2) is 0 Å². The van der Waals surface area contributed by atoms with Gasteiger partial charge in [0, 0.05) is 17.3 Å². The Morgan fingerprint density at radius 3 is 2.60 bits per heavy atom. The number of anilines is 1. The smallest absolute Gasteiger partial charge is 0.0701 e. The predicted octanol–water partition coefficient (Wildman–Crippen LogP) is 3.17. The number of aliphatic hydroxyl groups is 1. The van der Waals surface area contributed by atoms with E-state index in [1.165, 1.54) is 12.8 Å². The van der Waals surface area contributed by atoms with Gasteiger partial charge in [-0.1, -0.05) is 38.5 Å². The Morgan fingerprint density at radius 1 is 1.27 bits per heavy atom. The van der Waals surface area contributed by atoms with Crippen molar-refractivity contribution in [3.05, 3.63) is 29.8 Å². The number of benzene rings is 1. The Hall–Kier alpha value is -1.02. The minimum Gasteiger partial charge on any atom is -0.392 e. The molecule has 1 aromatic rings. The van der Waals surface area contributed by atoms with E-state index in [2.05, 4.69) is 19.2 Å². The molecule has 0 heterocycles. The van der Waals surface area contributed by atoms with Crippen LogP contribution in [-0.2, 0) is 6.61 Å². The minimum atomic E-state index is 0.103. The van der Waals surface area contributed by atoms with Crippen molar-refractivity contribution in [3.63, 3.8) is 0 Å². The molecule has 2 nitrogen and oxygen atoms in total. The van der Waals surface area contributed by atoms with Gasteiger partial charge in [-0.15, -0.1) is 0 Å². The van der Waals surface area contributed by atoms with Crippen LogP contribution in [0.1, 0.15) is 38.7 Å². The van der Waals surface area contributed by atoms with Crippen LogP contribution >= 0.6 is 0 Å². The van der Waals surface area contributed by atoms with Crippen molar-refractivity contribution in [2.75, 3.05) is 5.32 Å². The molecule has 1 rings (SSSR count). The van der Waals surface area contributed by atoms with Crippen molar-refractivity contribution < 1.29 is 5.11 Å². The Morgan fingerprint density at radius 2 is 2.00 bits per heavy atom. The average Bonchev–Trinajstić information content (AvgIpc) is 2.29. The van der Waals surface area contributed by atoms with Gasteiger partial charge in [0.25, 0.3) is 0 Å². The first-order chi connectivity index (χ1) is 7.31. The van der Waals surface area contributed by atoms with Crippen molar-refractivity contribution >= 4 is 5.69 Å². The Kier molecular flexibility index (Phi) is 5.19. The van der Waals surface area contributed by atoms with Gasteiger partial charge in [-0.3, -0.25) is 0 Å². The first-order valence-electron chi connectivity index (χ1n) is 5.77. The van der Waals surface area contributed by atoms with Crippen LogP contribution in [0.5, 0.6) is 0 Å². The third kappa shape index (κ3) is 3.56. The van der Waals surface area contributed by atoms with Gasteiger partial charge in [0.1, 0.15) is 0 Å². The molecule has 0 saturated heterocycles. The van der Waals surface area contributed by atoms with E-state index in [0.717, 1.165) is 17.7 Å². The maximum Gasteiger partial charge on any atom is 0.0701 e. The molecule has 0 aliphatic rings. The Labute approximate surface area is 92.3 Å². The molecular formula is C13H21NO. The molecule has 2 heteroatoms. The lowest BCUT2D eigenvalue weighted by Gasteiger charge is -2.19. The number of hydrogen-bond donors (Lipinski definition) is 2. The largest absolute Gasteiger partial charge is 0.392 e. The van der Waals surface area contributed by atoms with Crippen LogP contribution in [0.2, 0.25) is 0 Å². The second kappa shape index (κ2) is 6.46. The van der Waals surface area contributed by atoms with E-state index in [-0.39, 0.29) is 6.61 Å². The first-order valence-corrected chi connectivity index (χ1v) is 5.77. The van der Waals surface area contributed by atoms with Crippen LogP contribution in [-0.4, -0.2) is 11.1 Å². The van der Waals surface area contributed by atoms with Gasteiger partial charge >= 0.3 is 0 Å². The molecule has 0 saturated carbocycles. The molecule has 0 aliphatic carbocycles. The minimum absolute atomic E-state index is 0.103. The lowest BCUT2D eigenvalue weighted by Crippen LogP contribution is -2.18. The molecular weight excluding hydrogens is 186 g/mol. The highest BCUT2D eigenvalue weighted by molar-refractivity contribution is 5.51. The molecule has 84 valence electrons. The monoisotopic (exact) mass is 207 g/mol. The van der Waals surface area contributed by atoms with Gasteiger partial charge in [0.05, 0.1) is 6.61 Å². The van der Waals surface area contributed by atoms with E-state index in [1.54, 1.807) is 0 Å². The fourth-order valence-electron chi connectivity index (χ4n) is 1.75. The van der Waals surface area contributed by atoms with Crippen LogP contribution in [0, 0.1) is 0 Å². The quantitative estimate of drug-likeness (QED) is 0.751. The molecule has 1 atom stereocenters. The highest BCUT2D eigenvalue weighted by Gasteiger charge is 2.06. The number of nitrogens with one attached hydrogen (secondary N) is 1. The molecule has 0 aliphatic heterocycles. The zero-order valence-corrected chi connectivity index (χ0v) is 9.66. The van der Waals surface area contributed by atoms with Gasteiger partial charge in [-0.2, -0.15) is 0 Å². The second-order valence-electron chi connectivity index (χ2n) is 3.85. The van der Waals surface area contributed by atoms with E-state index in [1.807, 2.05) is 24.3 Å². The summed E-state index contributed by atoms with van der Waals surface area (Å²) < 4.78 is 0. The summed E-state index contributed by atoms with van der Waals surface area (Å²) in [6, 6.07) is 8.46. The van der Waals surface area contributed by atoms with Crippen molar-refractivity contribution in [1.29, 1.82) is 0 Å². The summed E-state index contributed by atoms with van der Waals surface area (Å²) in [6.07, 6.45) is 3.48. The summed E-state index contributed by atoms with van der Waals surface area (Å²) >= 11 is 0. The van der Waals surface area contributed by atoms with E-state index in [9.17, 15) is 5.11 Å². The zero-order valence-electron chi connectivity index (χ0n) is 9.66. The lowest BCUT2D eigenvalue weighted by molar-refractivity contribution is 0.282. The van der Waals surface area contributed by atoms with E-state index in [0.29, 0.717) is 6.04 Å². The molecule has 0 fully saturated rings. The Balaban J connectivity index is 2.69. The third-order valence-corrected chi connectivity index (χ3v) is 2.68. The number of aliphatic hydroxyl groups excluding tert-OH is 1. The topological polar surface area (TPSA) is 32.3 Å². The maximum absolute atomic E-state index is 9.19. The van der Waals surface area contributed by atoms with Crippen LogP contribution in [0.25, 0.3) is 0 Å². The van der Waals surface area contributed by atoms with Crippen molar-refractivity contribution in [1.82, 2.24) is 0 Å². The highest BCUT2D eigenvalue weighted by atomic mass is 16.3. The zero-order chi connectivity index (χ0) is 11.1. The van der Waals surface area contributed by atoms with Gasteiger partial charge in [-0.05, 0) is 18.9 Å². The summed E-state index contributed by atoms with van der Waals surface area (Å²) in [6.45, 7) is 4.49. The summed E-state index contributed by atoms with van der Waals surface area (Å²) in [5.74, 6) is 0. The summed E-state index contributed by atoms with van der Waals surface area (Å²) in [5, 5.41) is 12.7. The first kappa shape index (κ1) is 12.1. The fourth-order valence-corrected chi connectivity index (χ4v) is 1.75. The van der Waals surface area contributed by atoms with E-state index in [4.69, 9.17) is 0 Å². The van der Waals surface area contributed by atoms with Crippen LogP contribution in [0.15, 0.2) is 24.3 Å². The molecule has 0 amide bonds. The van der Waals surface area contributed by atoms with Crippen LogP contribution in [0.4, 0.5) is 5.69 Å². The van der Waals surface area contributed by atoms with Crippen molar-refractivity contribution in [2.24, 2.45) is 0 Å². The van der Waals surface area contributed by atoms with E-state index < -0.39 is 0 Å². The lowest BCUT2D eigenvalue weighted by atomic mass is 10.1. The van der Waals surface area contributed by atoms with Crippen LogP contribution in [0.3, 0.4) is 0 Å². The van der Waals surface area contributed by atoms with Gasteiger partial charge in [-0.25, -0.2) is 0 Å². The average molecular weight is 207 g/mol. The predicted molar refractivity (Wildman–Crippen MR) is 65.0 cm³/mol. The van der Waals surface area contributed by atoms with Crippen molar-refractivity contribution in [3.8, 4) is 0 Å². The molecule has 0 bridgehead atoms. The van der Waals surface area contributed by atoms with E-state index >= 15 is 0 Å². The van der Waals surface area contributed by atoms with Gasteiger partial charge < -0.3 is 10.4 Å². The maximum atomic E-state index is 9.19. The molecule has 1 aromatic carbocycles. The van der Waals surface area contributed by atoms with Gasteiger partial charge in [0.2, 0.25) is 0 Å². The molecule has 0 spiro atoms. The SMILES string of the molecule is CCCC(CC)Nc1ccccc1CO. The normalized spacial score (nSPS) is 12.5. The highest BCUT2D eigenvalue weighted by Crippen LogP contribution is 2.18. The molecule has 1 unspecified atom stereocenters. The molecule has 2 N–H and O–H groups in total. The van der Waals surface area contributed by atoms with Crippen LogP contribution < -0.4 is 5.32 Å². The van der Waals surface area contributed by atoms with Crippen molar-refractivity contribution in [2.45, 2.75) is 45.8 Å². The summed E-state index contributed by atoms with van der Waals surface area (Å²) in [5.41, 5.74) is 2.05. The number of rotatable bonds is 6. The second-order valence-corrected chi connectivity index (χ2v) is 3.85. The fraction of sp³-hybridized carbons (Fsp3) is 0.538. The molecule has 15 heavy (non-hydrogen) atoms.